The highest BCUT2D eigenvalue weighted by atomic mass is 32.2. The summed E-state index contributed by atoms with van der Waals surface area (Å²) in [6, 6.07) is 15.1. The SMILES string of the molecule is CCc1cccc(S(N)(=O)=O)c1Cc1ccccc1. The second-order valence-corrected chi connectivity index (χ2v) is 5.98. The molecule has 0 atom stereocenters. The molecule has 2 aromatic rings. The van der Waals surface area contributed by atoms with E-state index in [-0.39, 0.29) is 4.90 Å². The number of sulfonamides is 1. The Balaban J connectivity index is 2.54. The Morgan fingerprint density at radius 2 is 1.68 bits per heavy atom. The van der Waals surface area contributed by atoms with Crippen molar-refractivity contribution < 1.29 is 8.42 Å². The number of nitrogens with two attached hydrogens (primary N) is 1. The Morgan fingerprint density at radius 3 is 2.26 bits per heavy atom. The minimum atomic E-state index is -3.69. The third-order valence-electron chi connectivity index (χ3n) is 3.14. The van der Waals surface area contributed by atoms with Crippen molar-refractivity contribution in [3.63, 3.8) is 0 Å². The largest absolute Gasteiger partial charge is 0.238 e. The van der Waals surface area contributed by atoms with Gasteiger partial charge in [0.05, 0.1) is 4.90 Å². The number of hydrogen-bond acceptors (Lipinski definition) is 2. The van der Waals surface area contributed by atoms with Gasteiger partial charge in [0.15, 0.2) is 0 Å². The van der Waals surface area contributed by atoms with E-state index in [1.165, 1.54) is 0 Å². The second kappa shape index (κ2) is 5.55. The zero-order valence-electron chi connectivity index (χ0n) is 10.8. The van der Waals surface area contributed by atoms with E-state index in [4.69, 9.17) is 5.14 Å². The average molecular weight is 275 g/mol. The Kier molecular flexibility index (Phi) is 4.02. The summed E-state index contributed by atoms with van der Waals surface area (Å²) in [4.78, 5) is 0.232. The van der Waals surface area contributed by atoms with Crippen molar-refractivity contribution in [3.05, 3.63) is 65.2 Å². The number of hydrogen-bond donors (Lipinski definition) is 1. The van der Waals surface area contributed by atoms with Crippen LogP contribution in [0.15, 0.2) is 53.4 Å². The van der Waals surface area contributed by atoms with Crippen LogP contribution in [-0.2, 0) is 22.9 Å². The minimum Gasteiger partial charge on any atom is -0.225 e. The molecule has 0 aliphatic heterocycles. The van der Waals surface area contributed by atoms with Gasteiger partial charge >= 0.3 is 0 Å². The molecule has 0 unspecified atom stereocenters. The predicted molar refractivity (Wildman–Crippen MR) is 76.4 cm³/mol. The summed E-state index contributed by atoms with van der Waals surface area (Å²) in [5.74, 6) is 0. The van der Waals surface area contributed by atoms with E-state index in [1.54, 1.807) is 12.1 Å². The fourth-order valence-corrected chi connectivity index (χ4v) is 3.02. The average Bonchev–Trinajstić information content (AvgIpc) is 2.39. The molecule has 0 aliphatic rings. The summed E-state index contributed by atoms with van der Waals surface area (Å²) >= 11 is 0. The lowest BCUT2D eigenvalue weighted by Gasteiger charge is -2.12. The molecule has 0 amide bonds. The molecule has 0 saturated heterocycles. The van der Waals surface area contributed by atoms with Gasteiger partial charge in [-0.05, 0) is 35.6 Å². The Bertz CT molecular complexity index is 664. The molecule has 100 valence electrons. The fraction of sp³-hybridized carbons (Fsp3) is 0.200. The van der Waals surface area contributed by atoms with E-state index in [1.807, 2.05) is 43.3 Å². The van der Waals surface area contributed by atoms with Crippen molar-refractivity contribution in [2.24, 2.45) is 5.14 Å². The van der Waals surface area contributed by atoms with Gasteiger partial charge in [-0.15, -0.1) is 0 Å². The maximum atomic E-state index is 11.7. The van der Waals surface area contributed by atoms with Crippen LogP contribution in [0.2, 0.25) is 0 Å². The topological polar surface area (TPSA) is 60.2 Å². The van der Waals surface area contributed by atoms with Crippen molar-refractivity contribution >= 4 is 10.0 Å². The van der Waals surface area contributed by atoms with Crippen molar-refractivity contribution in [1.29, 1.82) is 0 Å². The van der Waals surface area contributed by atoms with Gasteiger partial charge in [-0.2, -0.15) is 0 Å². The van der Waals surface area contributed by atoms with Crippen LogP contribution in [0.25, 0.3) is 0 Å². The molecule has 0 saturated carbocycles. The van der Waals surface area contributed by atoms with Crippen LogP contribution in [0.3, 0.4) is 0 Å². The lowest BCUT2D eigenvalue weighted by atomic mass is 9.98. The summed E-state index contributed by atoms with van der Waals surface area (Å²) in [6.07, 6.45) is 1.36. The van der Waals surface area contributed by atoms with E-state index in [9.17, 15) is 8.42 Å². The van der Waals surface area contributed by atoms with E-state index in [2.05, 4.69) is 0 Å². The van der Waals surface area contributed by atoms with Crippen LogP contribution in [0.4, 0.5) is 0 Å². The molecule has 2 aromatic carbocycles. The van der Waals surface area contributed by atoms with Crippen LogP contribution in [0.1, 0.15) is 23.6 Å². The van der Waals surface area contributed by atoms with Crippen molar-refractivity contribution in [3.8, 4) is 0 Å². The molecule has 2 rings (SSSR count). The van der Waals surface area contributed by atoms with Gasteiger partial charge in [0.1, 0.15) is 0 Å². The van der Waals surface area contributed by atoms with E-state index < -0.39 is 10.0 Å². The molecule has 0 bridgehead atoms. The summed E-state index contributed by atoms with van der Waals surface area (Å²) < 4.78 is 23.4. The summed E-state index contributed by atoms with van der Waals surface area (Å²) in [5.41, 5.74) is 2.90. The van der Waals surface area contributed by atoms with Gasteiger partial charge in [-0.1, -0.05) is 49.4 Å². The first-order valence-corrected chi connectivity index (χ1v) is 7.74. The van der Waals surface area contributed by atoms with Gasteiger partial charge in [-0.3, -0.25) is 0 Å². The predicted octanol–water partition coefficient (Wildman–Crippen LogP) is 2.49. The van der Waals surface area contributed by atoms with Crippen LogP contribution in [0.5, 0.6) is 0 Å². The molecule has 0 aromatic heterocycles. The zero-order chi connectivity index (χ0) is 13.9. The van der Waals surface area contributed by atoms with Gasteiger partial charge in [0, 0.05) is 0 Å². The smallest absolute Gasteiger partial charge is 0.225 e. The summed E-state index contributed by atoms with van der Waals surface area (Å²) in [7, 11) is -3.69. The van der Waals surface area contributed by atoms with Gasteiger partial charge in [0.2, 0.25) is 10.0 Å². The molecule has 2 N–H and O–H groups in total. The highest BCUT2D eigenvalue weighted by Gasteiger charge is 2.16. The van der Waals surface area contributed by atoms with Crippen LogP contribution < -0.4 is 5.14 Å². The van der Waals surface area contributed by atoms with E-state index in [0.29, 0.717) is 6.42 Å². The molecule has 0 fully saturated rings. The molecule has 0 radical (unpaired) electrons. The highest BCUT2D eigenvalue weighted by Crippen LogP contribution is 2.22. The molecule has 0 aliphatic carbocycles. The number of benzene rings is 2. The summed E-state index contributed by atoms with van der Waals surface area (Å²) in [6.45, 7) is 2.01. The second-order valence-electron chi connectivity index (χ2n) is 4.45. The number of aryl methyl sites for hydroxylation is 1. The molecular formula is C15H17NO2S. The minimum absolute atomic E-state index is 0.232. The molecule has 3 nitrogen and oxygen atoms in total. The number of rotatable bonds is 4. The Morgan fingerprint density at radius 1 is 1.00 bits per heavy atom. The number of primary sulfonamides is 1. The Hall–Kier alpha value is -1.65. The molecule has 19 heavy (non-hydrogen) atoms. The lowest BCUT2D eigenvalue weighted by molar-refractivity contribution is 0.596. The molecular weight excluding hydrogens is 258 g/mol. The van der Waals surface area contributed by atoms with Crippen molar-refractivity contribution in [1.82, 2.24) is 0 Å². The van der Waals surface area contributed by atoms with E-state index in [0.717, 1.165) is 23.1 Å². The van der Waals surface area contributed by atoms with Crippen LogP contribution >= 0.6 is 0 Å². The van der Waals surface area contributed by atoms with Crippen LogP contribution in [0, 0.1) is 0 Å². The van der Waals surface area contributed by atoms with Gasteiger partial charge in [0.25, 0.3) is 0 Å². The van der Waals surface area contributed by atoms with Crippen molar-refractivity contribution in [2.75, 3.05) is 0 Å². The molecule has 0 heterocycles. The quantitative estimate of drug-likeness (QED) is 0.932. The van der Waals surface area contributed by atoms with Gasteiger partial charge in [-0.25, -0.2) is 13.6 Å². The summed E-state index contributed by atoms with van der Waals surface area (Å²) in [5, 5.41) is 5.31. The first kappa shape index (κ1) is 13.8. The van der Waals surface area contributed by atoms with Crippen molar-refractivity contribution in [2.45, 2.75) is 24.7 Å². The third-order valence-corrected chi connectivity index (χ3v) is 4.14. The lowest BCUT2D eigenvalue weighted by Crippen LogP contribution is -2.16. The maximum absolute atomic E-state index is 11.7. The first-order valence-electron chi connectivity index (χ1n) is 6.20. The Labute approximate surface area is 114 Å². The first-order chi connectivity index (χ1) is 9.02. The standard InChI is InChI=1S/C15H17NO2S/c1-2-13-9-6-10-15(19(16,17)18)14(13)11-12-7-4-3-5-8-12/h3-10H,2,11H2,1H3,(H2,16,17,18). The fourth-order valence-electron chi connectivity index (χ4n) is 2.21. The maximum Gasteiger partial charge on any atom is 0.238 e. The molecule has 4 heteroatoms. The normalized spacial score (nSPS) is 11.5. The highest BCUT2D eigenvalue weighted by molar-refractivity contribution is 7.89. The molecule has 0 spiro atoms. The zero-order valence-corrected chi connectivity index (χ0v) is 11.7. The van der Waals surface area contributed by atoms with E-state index >= 15 is 0 Å². The third kappa shape index (κ3) is 3.22. The monoisotopic (exact) mass is 275 g/mol. The van der Waals surface area contributed by atoms with Crippen LogP contribution in [-0.4, -0.2) is 8.42 Å². The van der Waals surface area contributed by atoms with Gasteiger partial charge < -0.3 is 0 Å².